The van der Waals surface area contributed by atoms with Crippen LogP contribution in [0.2, 0.25) is 0 Å². The van der Waals surface area contributed by atoms with Gasteiger partial charge in [-0.3, -0.25) is 14.8 Å². The lowest BCUT2D eigenvalue weighted by atomic mass is 10.0. The largest absolute Gasteiger partial charge is 0.310 e. The number of benzene rings is 1. The first kappa shape index (κ1) is 20.7. The highest BCUT2D eigenvalue weighted by molar-refractivity contribution is 7.92. The van der Waals surface area contributed by atoms with E-state index in [1.807, 2.05) is 0 Å². The summed E-state index contributed by atoms with van der Waals surface area (Å²) in [5.74, 6) is -3.54. The summed E-state index contributed by atoms with van der Waals surface area (Å²) in [4.78, 5) is 24.0. The second-order valence-electron chi connectivity index (χ2n) is 6.22. The van der Waals surface area contributed by atoms with E-state index in [0.29, 0.717) is 4.57 Å². The number of amides is 1. The van der Waals surface area contributed by atoms with Gasteiger partial charge in [0, 0.05) is 19.0 Å². The fraction of sp³-hybridized carbons (Fsp3) is 0.294. The third kappa shape index (κ3) is 3.91. The molecule has 2 aromatic rings. The Kier molecular flexibility index (Phi) is 5.81. The molecule has 27 heavy (non-hydrogen) atoms. The van der Waals surface area contributed by atoms with Crippen LogP contribution in [-0.2, 0) is 21.2 Å². The summed E-state index contributed by atoms with van der Waals surface area (Å²) in [5, 5.41) is 8.78. The summed E-state index contributed by atoms with van der Waals surface area (Å²) in [7, 11) is -4.01. The summed E-state index contributed by atoms with van der Waals surface area (Å²) in [6.45, 7) is 0.586. The van der Waals surface area contributed by atoms with Crippen LogP contribution < -0.4 is 11.0 Å². The number of rotatable bonds is 6. The molecule has 0 bridgehead atoms. The number of aryl methyl sites for hydroxylation is 1. The molecule has 1 aromatic heterocycles. The second-order valence-corrected chi connectivity index (χ2v) is 8.67. The highest BCUT2D eigenvalue weighted by atomic mass is 32.2. The van der Waals surface area contributed by atoms with E-state index in [1.54, 1.807) is 18.2 Å². The lowest BCUT2D eigenvalue weighted by molar-refractivity contribution is -0.131. The van der Waals surface area contributed by atoms with Gasteiger partial charge >= 0.3 is 0 Å². The van der Waals surface area contributed by atoms with E-state index in [0.717, 1.165) is 19.4 Å². The highest BCUT2D eigenvalue weighted by Gasteiger charge is 2.43. The first-order valence-electron chi connectivity index (χ1n) is 7.81. The molecule has 7 nitrogen and oxygen atoms in total. The van der Waals surface area contributed by atoms with Gasteiger partial charge in [0.05, 0.1) is 5.56 Å². The van der Waals surface area contributed by atoms with E-state index >= 15 is 0 Å². The van der Waals surface area contributed by atoms with E-state index in [9.17, 15) is 26.8 Å². The minimum absolute atomic E-state index is 0.178. The summed E-state index contributed by atoms with van der Waals surface area (Å²) in [6.07, 6.45) is 1.06. The maximum Gasteiger partial charge on any atom is 0.287 e. The Balaban J connectivity index is 2.44. The van der Waals surface area contributed by atoms with Crippen LogP contribution in [0.15, 0.2) is 41.3 Å². The summed E-state index contributed by atoms with van der Waals surface area (Å²) in [6, 6.07) is 7.66. The SMILES string of the molecule is CC(CCn1cc(F)c(-c2ccccc2)c(F)c1=O)(C(=O)NO)S(C)(=O)=O. The zero-order valence-corrected chi connectivity index (χ0v) is 15.4. The smallest absolute Gasteiger partial charge is 0.287 e. The molecule has 0 aliphatic heterocycles. The lowest BCUT2D eigenvalue weighted by Crippen LogP contribution is -2.50. The van der Waals surface area contributed by atoms with Crippen LogP contribution in [0.25, 0.3) is 11.1 Å². The topological polar surface area (TPSA) is 105 Å². The van der Waals surface area contributed by atoms with Gasteiger partial charge in [0.15, 0.2) is 20.4 Å². The zero-order chi connectivity index (χ0) is 20.4. The van der Waals surface area contributed by atoms with Crippen LogP contribution in [0.1, 0.15) is 13.3 Å². The van der Waals surface area contributed by atoms with Crippen LogP contribution in [0.3, 0.4) is 0 Å². The molecule has 1 aromatic carbocycles. The van der Waals surface area contributed by atoms with Crippen LogP contribution >= 0.6 is 0 Å². The van der Waals surface area contributed by atoms with Crippen LogP contribution in [0, 0.1) is 11.6 Å². The van der Waals surface area contributed by atoms with Gasteiger partial charge in [0.2, 0.25) is 0 Å². The molecule has 0 saturated carbocycles. The Morgan fingerprint density at radius 2 is 1.85 bits per heavy atom. The molecule has 0 aliphatic rings. The number of halogens is 2. The van der Waals surface area contributed by atoms with E-state index in [2.05, 4.69) is 0 Å². The maximum atomic E-state index is 14.5. The monoisotopic (exact) mass is 400 g/mol. The normalized spacial score (nSPS) is 13.8. The van der Waals surface area contributed by atoms with Crippen molar-refractivity contribution in [2.45, 2.75) is 24.6 Å². The number of hydrogen-bond acceptors (Lipinski definition) is 5. The van der Waals surface area contributed by atoms with Crippen LogP contribution in [-0.4, -0.2) is 35.1 Å². The quantitative estimate of drug-likeness (QED) is 0.565. The molecule has 1 unspecified atom stereocenters. The standard InChI is InChI=1S/C17H18F2N2O5S/c1-17(16(23)20-24,27(2,25)26)8-9-21-10-12(18)13(14(19)15(21)22)11-6-4-3-5-7-11/h3-7,10,24H,8-9H2,1-2H3,(H,20,23). The fourth-order valence-electron chi connectivity index (χ4n) is 2.55. The van der Waals surface area contributed by atoms with Crippen molar-refractivity contribution in [3.63, 3.8) is 0 Å². The molecular weight excluding hydrogens is 382 g/mol. The molecule has 10 heteroatoms. The summed E-state index contributed by atoms with van der Waals surface area (Å²) in [5.41, 5.74) is -0.206. The second kappa shape index (κ2) is 7.57. The molecule has 1 heterocycles. The predicted octanol–water partition coefficient (Wildman–Crippen LogP) is 1.49. The number of nitrogens with zero attached hydrogens (tertiary/aromatic N) is 1. The number of hydroxylamine groups is 1. The Hall–Kier alpha value is -2.59. The molecule has 2 rings (SSSR count). The zero-order valence-electron chi connectivity index (χ0n) is 14.6. The average molecular weight is 400 g/mol. The third-order valence-electron chi connectivity index (χ3n) is 4.47. The van der Waals surface area contributed by atoms with Crippen LogP contribution in [0.4, 0.5) is 8.78 Å². The molecule has 0 radical (unpaired) electrons. The summed E-state index contributed by atoms with van der Waals surface area (Å²) < 4.78 is 51.3. The summed E-state index contributed by atoms with van der Waals surface area (Å²) >= 11 is 0. The van der Waals surface area contributed by atoms with Crippen molar-refractivity contribution in [3.05, 3.63) is 58.5 Å². The van der Waals surface area contributed by atoms with Gasteiger partial charge in [0.25, 0.3) is 11.5 Å². The molecular formula is C17H18F2N2O5S. The molecule has 0 spiro atoms. The number of carbonyl (C=O) groups excluding carboxylic acids is 1. The van der Waals surface area contributed by atoms with Gasteiger partial charge in [-0.15, -0.1) is 0 Å². The average Bonchev–Trinajstić information content (AvgIpc) is 2.62. The number of aromatic nitrogens is 1. The van der Waals surface area contributed by atoms with Gasteiger partial charge in [-0.2, -0.15) is 0 Å². The van der Waals surface area contributed by atoms with Gasteiger partial charge in [0.1, 0.15) is 5.82 Å². The van der Waals surface area contributed by atoms with Crippen LogP contribution in [0.5, 0.6) is 0 Å². The van der Waals surface area contributed by atoms with Gasteiger partial charge < -0.3 is 4.57 Å². The van der Waals surface area contributed by atoms with E-state index in [1.165, 1.54) is 17.6 Å². The Morgan fingerprint density at radius 3 is 2.37 bits per heavy atom. The van der Waals surface area contributed by atoms with E-state index < -0.39 is 56.2 Å². The van der Waals surface area contributed by atoms with Crippen molar-refractivity contribution in [2.24, 2.45) is 0 Å². The van der Waals surface area contributed by atoms with Crippen molar-refractivity contribution >= 4 is 15.7 Å². The van der Waals surface area contributed by atoms with Gasteiger partial charge in [-0.1, -0.05) is 30.3 Å². The minimum atomic E-state index is -4.01. The fourth-order valence-corrected chi connectivity index (χ4v) is 3.40. The van der Waals surface area contributed by atoms with E-state index in [-0.39, 0.29) is 5.56 Å². The third-order valence-corrected chi connectivity index (χ3v) is 6.49. The van der Waals surface area contributed by atoms with Crippen molar-refractivity contribution in [3.8, 4) is 11.1 Å². The molecule has 0 aliphatic carbocycles. The number of nitrogens with one attached hydrogen (secondary N) is 1. The molecule has 146 valence electrons. The number of pyridine rings is 1. The van der Waals surface area contributed by atoms with Gasteiger partial charge in [-0.25, -0.2) is 22.7 Å². The Morgan fingerprint density at radius 1 is 1.26 bits per heavy atom. The lowest BCUT2D eigenvalue weighted by Gasteiger charge is -2.25. The van der Waals surface area contributed by atoms with Crippen molar-refractivity contribution < 1.29 is 27.2 Å². The maximum absolute atomic E-state index is 14.5. The predicted molar refractivity (Wildman–Crippen MR) is 93.8 cm³/mol. The molecule has 2 N–H and O–H groups in total. The molecule has 0 fully saturated rings. The van der Waals surface area contributed by atoms with Crippen molar-refractivity contribution in [1.29, 1.82) is 0 Å². The minimum Gasteiger partial charge on any atom is -0.310 e. The highest BCUT2D eigenvalue weighted by Crippen LogP contribution is 2.25. The number of hydrogen-bond donors (Lipinski definition) is 2. The number of sulfone groups is 1. The first-order valence-corrected chi connectivity index (χ1v) is 9.70. The molecule has 0 saturated heterocycles. The van der Waals surface area contributed by atoms with Crippen molar-refractivity contribution in [1.82, 2.24) is 10.0 Å². The van der Waals surface area contributed by atoms with E-state index in [4.69, 9.17) is 5.21 Å². The Labute approximate surface area is 154 Å². The van der Waals surface area contributed by atoms with Gasteiger partial charge in [-0.05, 0) is 18.9 Å². The Bertz CT molecular complexity index is 1020. The molecule has 1 amide bonds. The number of carbonyl (C=O) groups is 1. The molecule has 1 atom stereocenters. The van der Waals surface area contributed by atoms with Crippen molar-refractivity contribution in [2.75, 3.05) is 6.26 Å². The first-order chi connectivity index (χ1) is 12.5.